The van der Waals surface area contributed by atoms with Crippen LogP contribution >= 0.6 is 8.81 Å². The van der Waals surface area contributed by atoms with Gasteiger partial charge in [0.15, 0.2) is 0 Å². The van der Waals surface area contributed by atoms with E-state index in [0.29, 0.717) is 8.81 Å². The molecule has 0 heterocycles. The van der Waals surface area contributed by atoms with Gasteiger partial charge >= 0.3 is 0 Å². The Morgan fingerprint density at radius 1 is 1.14 bits per heavy atom. The van der Waals surface area contributed by atoms with E-state index in [9.17, 15) is 0 Å². The molecule has 1 unspecified atom stereocenters. The number of unbranched alkanes of at least 4 members (excludes halogenated alkanes) is 1. The zero-order chi connectivity index (χ0) is 10.1. The van der Waals surface area contributed by atoms with Crippen LogP contribution in [-0.2, 0) is 10.9 Å². The van der Waals surface area contributed by atoms with Gasteiger partial charge in [0.2, 0.25) is 0 Å². The summed E-state index contributed by atoms with van der Waals surface area (Å²) in [6.07, 6.45) is 4.75. The van der Waals surface area contributed by atoms with Crippen molar-refractivity contribution in [1.29, 1.82) is 0 Å². The minimum absolute atomic E-state index is 0.693. The molecule has 0 bridgehead atoms. The van der Waals surface area contributed by atoms with E-state index in [-0.39, 0.29) is 0 Å². The topological polar surface area (TPSA) is 9.23 Å². The van der Waals surface area contributed by atoms with Crippen LogP contribution in [0.15, 0.2) is 30.3 Å². The molecule has 14 heavy (non-hydrogen) atoms. The van der Waals surface area contributed by atoms with E-state index in [1.807, 2.05) is 0 Å². The van der Waals surface area contributed by atoms with Crippen LogP contribution in [0.4, 0.5) is 0 Å². The summed E-state index contributed by atoms with van der Waals surface area (Å²) in [5.74, 6) is 0. The van der Waals surface area contributed by atoms with E-state index in [1.54, 1.807) is 0 Å². The summed E-state index contributed by atoms with van der Waals surface area (Å²) >= 11 is 0. The Kier molecular flexibility index (Phi) is 6.65. The summed E-state index contributed by atoms with van der Waals surface area (Å²) in [5, 5.41) is 0. The highest BCUT2D eigenvalue weighted by atomic mass is 31.1. The number of hydrogen-bond donors (Lipinski definition) is 0. The SMILES string of the molecule is CCPOCCCCc1ccccc1. The molecule has 78 valence electrons. The Morgan fingerprint density at radius 2 is 1.93 bits per heavy atom. The first-order chi connectivity index (χ1) is 6.93. The predicted molar refractivity (Wildman–Crippen MR) is 64.2 cm³/mol. The van der Waals surface area contributed by atoms with Crippen LogP contribution in [0.25, 0.3) is 0 Å². The quantitative estimate of drug-likeness (QED) is 0.493. The number of aryl methyl sites for hydroxylation is 1. The van der Waals surface area contributed by atoms with Gasteiger partial charge < -0.3 is 4.52 Å². The lowest BCUT2D eigenvalue weighted by molar-refractivity contribution is 0.349. The molecule has 0 amide bonds. The van der Waals surface area contributed by atoms with E-state index < -0.39 is 0 Å². The number of benzene rings is 1. The maximum atomic E-state index is 5.45. The van der Waals surface area contributed by atoms with Gasteiger partial charge in [-0.1, -0.05) is 37.3 Å². The van der Waals surface area contributed by atoms with E-state index in [0.717, 1.165) is 12.8 Å². The summed E-state index contributed by atoms with van der Waals surface area (Å²) in [6, 6.07) is 10.6. The fraction of sp³-hybridized carbons (Fsp3) is 0.500. The lowest BCUT2D eigenvalue weighted by atomic mass is 10.1. The molecule has 1 aromatic rings. The van der Waals surface area contributed by atoms with Crippen molar-refractivity contribution in [2.45, 2.75) is 26.2 Å². The summed E-state index contributed by atoms with van der Waals surface area (Å²) in [5.41, 5.74) is 1.44. The van der Waals surface area contributed by atoms with Crippen LogP contribution < -0.4 is 0 Å². The molecular formula is C12H19OP. The zero-order valence-electron chi connectivity index (χ0n) is 8.83. The molecule has 2 heteroatoms. The molecular weight excluding hydrogens is 191 g/mol. The van der Waals surface area contributed by atoms with E-state index in [2.05, 4.69) is 37.3 Å². The van der Waals surface area contributed by atoms with Gasteiger partial charge in [-0.2, -0.15) is 0 Å². The standard InChI is InChI=1S/C12H19OP/c1-2-14-13-11-7-6-10-12-8-4-3-5-9-12/h3-5,8-9,14H,2,6-7,10-11H2,1H3. The maximum Gasteiger partial charge on any atom is 0.0505 e. The molecule has 0 radical (unpaired) electrons. The van der Waals surface area contributed by atoms with Crippen molar-refractivity contribution in [3.63, 3.8) is 0 Å². The van der Waals surface area contributed by atoms with Gasteiger partial charge in [-0.05, 0) is 31.0 Å². The minimum atomic E-state index is 0.693. The molecule has 0 spiro atoms. The van der Waals surface area contributed by atoms with Crippen molar-refractivity contribution in [3.8, 4) is 0 Å². The van der Waals surface area contributed by atoms with Crippen molar-refractivity contribution in [1.82, 2.24) is 0 Å². The van der Waals surface area contributed by atoms with Crippen LogP contribution in [0.5, 0.6) is 0 Å². The van der Waals surface area contributed by atoms with Gasteiger partial charge in [-0.25, -0.2) is 0 Å². The summed E-state index contributed by atoms with van der Waals surface area (Å²) in [6.45, 7) is 3.08. The Bertz CT molecular complexity index is 223. The molecule has 0 aliphatic heterocycles. The highest BCUT2D eigenvalue weighted by molar-refractivity contribution is 7.32. The molecule has 1 aromatic carbocycles. The molecule has 1 nitrogen and oxygen atoms in total. The van der Waals surface area contributed by atoms with Gasteiger partial charge in [-0.15, -0.1) is 0 Å². The third-order valence-electron chi connectivity index (χ3n) is 2.05. The van der Waals surface area contributed by atoms with Crippen LogP contribution in [0.2, 0.25) is 0 Å². The van der Waals surface area contributed by atoms with Crippen molar-refractivity contribution < 1.29 is 4.52 Å². The zero-order valence-corrected chi connectivity index (χ0v) is 9.83. The lowest BCUT2D eigenvalue weighted by Crippen LogP contribution is -1.89. The molecule has 0 fully saturated rings. The van der Waals surface area contributed by atoms with Crippen molar-refractivity contribution in [2.75, 3.05) is 12.8 Å². The fourth-order valence-corrected chi connectivity index (χ4v) is 1.82. The number of rotatable bonds is 7. The molecule has 0 N–H and O–H groups in total. The van der Waals surface area contributed by atoms with Gasteiger partial charge in [0, 0.05) is 8.81 Å². The van der Waals surface area contributed by atoms with Crippen LogP contribution in [-0.4, -0.2) is 12.8 Å². The molecule has 0 saturated carbocycles. The van der Waals surface area contributed by atoms with Crippen LogP contribution in [0.1, 0.15) is 25.3 Å². The fourth-order valence-electron chi connectivity index (χ4n) is 1.32. The second kappa shape index (κ2) is 7.96. The van der Waals surface area contributed by atoms with E-state index >= 15 is 0 Å². The van der Waals surface area contributed by atoms with Gasteiger partial charge in [0.05, 0.1) is 6.61 Å². The van der Waals surface area contributed by atoms with E-state index in [1.165, 1.54) is 24.8 Å². The summed E-state index contributed by atoms with van der Waals surface area (Å²) < 4.78 is 5.45. The predicted octanol–water partition coefficient (Wildman–Crippen LogP) is 3.64. The maximum absolute atomic E-state index is 5.45. The van der Waals surface area contributed by atoms with E-state index in [4.69, 9.17) is 4.52 Å². The average molecular weight is 210 g/mol. The summed E-state index contributed by atoms with van der Waals surface area (Å²) in [4.78, 5) is 0. The first kappa shape index (κ1) is 11.7. The van der Waals surface area contributed by atoms with Crippen molar-refractivity contribution >= 4 is 8.81 Å². The van der Waals surface area contributed by atoms with Gasteiger partial charge in [-0.3, -0.25) is 0 Å². The first-order valence-electron chi connectivity index (χ1n) is 5.32. The minimum Gasteiger partial charge on any atom is -0.362 e. The van der Waals surface area contributed by atoms with Gasteiger partial charge in [0.25, 0.3) is 0 Å². The third kappa shape index (κ3) is 5.36. The highest BCUT2D eigenvalue weighted by Crippen LogP contribution is 2.11. The lowest BCUT2D eigenvalue weighted by Gasteiger charge is -2.02. The molecule has 0 aliphatic carbocycles. The largest absolute Gasteiger partial charge is 0.362 e. The number of hydrogen-bond acceptors (Lipinski definition) is 1. The second-order valence-electron chi connectivity index (χ2n) is 3.29. The monoisotopic (exact) mass is 210 g/mol. The summed E-state index contributed by atoms with van der Waals surface area (Å²) in [7, 11) is 0.693. The Hall–Kier alpha value is -0.390. The molecule has 0 aromatic heterocycles. The Balaban J connectivity index is 1.99. The Labute approximate surface area is 88.7 Å². The second-order valence-corrected chi connectivity index (χ2v) is 4.57. The van der Waals surface area contributed by atoms with Crippen LogP contribution in [0, 0.1) is 0 Å². The molecule has 1 atom stereocenters. The smallest absolute Gasteiger partial charge is 0.0505 e. The Morgan fingerprint density at radius 3 is 2.64 bits per heavy atom. The normalized spacial score (nSPS) is 11.2. The average Bonchev–Trinajstić information content (AvgIpc) is 2.25. The van der Waals surface area contributed by atoms with Crippen molar-refractivity contribution in [2.24, 2.45) is 0 Å². The molecule has 1 rings (SSSR count). The molecule has 0 saturated heterocycles. The molecule has 0 aliphatic rings. The van der Waals surface area contributed by atoms with Crippen molar-refractivity contribution in [3.05, 3.63) is 35.9 Å². The van der Waals surface area contributed by atoms with Crippen LogP contribution in [0.3, 0.4) is 0 Å². The first-order valence-corrected chi connectivity index (χ1v) is 6.43. The van der Waals surface area contributed by atoms with Gasteiger partial charge in [0.1, 0.15) is 0 Å². The third-order valence-corrected chi connectivity index (χ3v) is 2.75. The highest BCUT2D eigenvalue weighted by Gasteiger charge is 1.92.